The Morgan fingerprint density at radius 2 is 2.20 bits per heavy atom. The highest BCUT2D eigenvalue weighted by atomic mass is 16.5. The van der Waals surface area contributed by atoms with Gasteiger partial charge in [0, 0.05) is 5.39 Å². The van der Waals surface area contributed by atoms with Crippen LogP contribution in [-0.2, 0) is 4.74 Å². The molecule has 1 N–H and O–H groups in total. The van der Waals surface area contributed by atoms with Crippen LogP contribution in [0.5, 0.6) is 0 Å². The summed E-state index contributed by atoms with van der Waals surface area (Å²) in [5.74, 6) is 0.687. The first-order valence-electron chi connectivity index (χ1n) is 7.05. The number of para-hydroxylation sites is 1. The number of aromatic nitrogens is 1. The van der Waals surface area contributed by atoms with Crippen LogP contribution in [0.3, 0.4) is 0 Å². The fraction of sp³-hybridized carbons (Fsp3) is 0.375. The number of rotatable bonds is 2. The Morgan fingerprint density at radius 1 is 1.30 bits per heavy atom. The number of nitrogens with one attached hydrogen (secondary N) is 1. The van der Waals surface area contributed by atoms with Crippen LogP contribution in [0.1, 0.15) is 24.8 Å². The van der Waals surface area contributed by atoms with Crippen LogP contribution in [0.25, 0.3) is 10.9 Å². The van der Waals surface area contributed by atoms with Crippen molar-refractivity contribution in [3.05, 3.63) is 35.9 Å². The van der Waals surface area contributed by atoms with E-state index in [0.29, 0.717) is 17.5 Å². The Balaban J connectivity index is 1.70. The van der Waals surface area contributed by atoms with Gasteiger partial charge >= 0.3 is 0 Å². The van der Waals surface area contributed by atoms with Crippen molar-refractivity contribution in [1.82, 2.24) is 4.98 Å². The lowest BCUT2D eigenvalue weighted by atomic mass is 9.95. The monoisotopic (exact) mass is 265 g/mol. The summed E-state index contributed by atoms with van der Waals surface area (Å²) in [6.07, 6.45) is 3.96. The number of ether oxygens (including phenoxy) is 1. The molecular weight excluding hydrogens is 250 g/mol. The summed E-state index contributed by atoms with van der Waals surface area (Å²) in [6.45, 7) is 0. The lowest BCUT2D eigenvalue weighted by Gasteiger charge is -2.21. The van der Waals surface area contributed by atoms with Gasteiger partial charge in [0.05, 0.1) is 29.3 Å². The van der Waals surface area contributed by atoms with Crippen LogP contribution < -0.4 is 5.32 Å². The quantitative estimate of drug-likeness (QED) is 0.907. The van der Waals surface area contributed by atoms with E-state index in [1.807, 2.05) is 30.3 Å². The number of fused-ring (bicyclic) bond motifs is 3. The van der Waals surface area contributed by atoms with Crippen molar-refractivity contribution in [2.75, 3.05) is 5.32 Å². The van der Waals surface area contributed by atoms with Crippen LogP contribution in [-0.4, -0.2) is 23.2 Å². The van der Waals surface area contributed by atoms with Crippen molar-refractivity contribution in [3.63, 3.8) is 0 Å². The van der Waals surface area contributed by atoms with E-state index in [-0.39, 0.29) is 12.1 Å². The summed E-state index contributed by atoms with van der Waals surface area (Å²) in [5, 5.41) is 13.7. The molecule has 2 bridgehead atoms. The maximum atomic E-state index is 9.32. The highest BCUT2D eigenvalue weighted by molar-refractivity contribution is 5.82. The summed E-state index contributed by atoms with van der Waals surface area (Å²) >= 11 is 0. The first-order chi connectivity index (χ1) is 9.83. The molecule has 3 atom stereocenters. The van der Waals surface area contributed by atoms with Crippen LogP contribution in [0.15, 0.2) is 30.3 Å². The van der Waals surface area contributed by atoms with Crippen molar-refractivity contribution >= 4 is 16.7 Å². The van der Waals surface area contributed by atoms with Gasteiger partial charge in [-0.3, -0.25) is 0 Å². The van der Waals surface area contributed by atoms with Gasteiger partial charge in [-0.25, -0.2) is 4.98 Å². The number of pyridine rings is 1. The molecule has 0 radical (unpaired) electrons. The standard InChI is InChI=1S/C16H15N3O/c17-9-11-7-10-3-1-2-4-13(10)18-16(11)19-14-8-12-5-6-15(14)20-12/h1-4,7,12,14-15H,5-6,8H2,(H,18,19). The zero-order valence-corrected chi connectivity index (χ0v) is 11.0. The third-order valence-corrected chi connectivity index (χ3v) is 4.27. The lowest BCUT2D eigenvalue weighted by molar-refractivity contribution is 0.102. The van der Waals surface area contributed by atoms with E-state index in [9.17, 15) is 5.26 Å². The minimum Gasteiger partial charge on any atom is -0.373 e. The molecule has 0 amide bonds. The first-order valence-corrected chi connectivity index (χ1v) is 7.05. The molecule has 2 aliphatic heterocycles. The Morgan fingerprint density at radius 3 is 2.95 bits per heavy atom. The van der Waals surface area contributed by atoms with Crippen molar-refractivity contribution in [1.29, 1.82) is 5.26 Å². The molecule has 100 valence electrons. The van der Waals surface area contributed by atoms with Gasteiger partial charge in [0.15, 0.2) is 0 Å². The molecule has 2 aromatic rings. The maximum absolute atomic E-state index is 9.32. The predicted octanol–water partition coefficient (Wildman–Crippen LogP) is 2.84. The third-order valence-electron chi connectivity index (χ3n) is 4.27. The molecule has 1 aromatic carbocycles. The van der Waals surface area contributed by atoms with Crippen molar-refractivity contribution in [3.8, 4) is 6.07 Å². The van der Waals surface area contributed by atoms with Gasteiger partial charge in [0.1, 0.15) is 11.9 Å². The van der Waals surface area contributed by atoms with Crippen LogP contribution >= 0.6 is 0 Å². The van der Waals surface area contributed by atoms with Gasteiger partial charge in [-0.15, -0.1) is 0 Å². The minimum atomic E-state index is 0.278. The number of hydrogen-bond acceptors (Lipinski definition) is 4. The topological polar surface area (TPSA) is 57.9 Å². The summed E-state index contributed by atoms with van der Waals surface area (Å²) in [4.78, 5) is 4.60. The van der Waals surface area contributed by atoms with Gasteiger partial charge in [0.25, 0.3) is 0 Å². The predicted molar refractivity (Wildman–Crippen MR) is 76.4 cm³/mol. The van der Waals surface area contributed by atoms with Crippen molar-refractivity contribution in [2.24, 2.45) is 0 Å². The second-order valence-corrected chi connectivity index (χ2v) is 5.55. The fourth-order valence-electron chi connectivity index (χ4n) is 3.28. The Hall–Kier alpha value is -2.12. The Kier molecular flexibility index (Phi) is 2.61. The summed E-state index contributed by atoms with van der Waals surface area (Å²) < 4.78 is 5.84. The van der Waals surface area contributed by atoms with E-state index < -0.39 is 0 Å². The zero-order chi connectivity index (χ0) is 13.5. The number of benzene rings is 1. The lowest BCUT2D eigenvalue weighted by Crippen LogP contribution is -2.31. The van der Waals surface area contributed by atoms with Gasteiger partial charge < -0.3 is 10.1 Å². The highest BCUT2D eigenvalue weighted by Crippen LogP contribution is 2.36. The van der Waals surface area contributed by atoms with Crippen molar-refractivity contribution < 1.29 is 4.74 Å². The summed E-state index contributed by atoms with van der Waals surface area (Å²) in [6, 6.07) is 12.3. The van der Waals surface area contributed by atoms with Gasteiger partial charge in [-0.2, -0.15) is 5.26 Å². The van der Waals surface area contributed by atoms with E-state index in [0.717, 1.165) is 23.7 Å². The Labute approximate surface area is 117 Å². The molecule has 0 saturated carbocycles. The molecule has 2 aliphatic rings. The molecule has 4 heteroatoms. The molecule has 2 saturated heterocycles. The van der Waals surface area contributed by atoms with E-state index >= 15 is 0 Å². The molecule has 0 aliphatic carbocycles. The molecule has 4 rings (SSSR count). The van der Waals surface area contributed by atoms with Gasteiger partial charge in [0.2, 0.25) is 0 Å². The molecule has 2 fully saturated rings. The highest BCUT2D eigenvalue weighted by Gasteiger charge is 2.41. The minimum absolute atomic E-state index is 0.278. The second-order valence-electron chi connectivity index (χ2n) is 5.55. The number of anilines is 1. The molecule has 3 heterocycles. The average molecular weight is 265 g/mol. The normalized spacial score (nSPS) is 27.6. The van der Waals surface area contributed by atoms with Crippen molar-refractivity contribution in [2.45, 2.75) is 37.5 Å². The number of nitrogens with zero attached hydrogens (tertiary/aromatic N) is 2. The third kappa shape index (κ3) is 1.83. The number of nitriles is 1. The molecule has 20 heavy (non-hydrogen) atoms. The van der Waals surface area contributed by atoms with Crippen LogP contribution in [0.4, 0.5) is 5.82 Å². The number of hydrogen-bond donors (Lipinski definition) is 1. The maximum Gasteiger partial charge on any atom is 0.144 e. The average Bonchev–Trinajstić information content (AvgIpc) is 3.09. The molecule has 1 aromatic heterocycles. The molecular formula is C16H15N3O. The first kappa shape index (κ1) is 11.7. The van der Waals surface area contributed by atoms with Crippen LogP contribution in [0, 0.1) is 11.3 Å². The summed E-state index contributed by atoms with van der Waals surface area (Å²) in [5.41, 5.74) is 1.52. The summed E-state index contributed by atoms with van der Waals surface area (Å²) in [7, 11) is 0. The SMILES string of the molecule is N#Cc1cc2ccccc2nc1NC1CC2CCC1O2. The van der Waals surface area contributed by atoms with E-state index in [2.05, 4.69) is 16.4 Å². The molecule has 4 nitrogen and oxygen atoms in total. The second kappa shape index (κ2) is 4.46. The van der Waals surface area contributed by atoms with Gasteiger partial charge in [-0.05, 0) is 31.4 Å². The van der Waals surface area contributed by atoms with E-state index in [1.54, 1.807) is 0 Å². The zero-order valence-electron chi connectivity index (χ0n) is 11.0. The van der Waals surface area contributed by atoms with Gasteiger partial charge in [-0.1, -0.05) is 18.2 Å². The smallest absolute Gasteiger partial charge is 0.144 e. The molecule has 0 spiro atoms. The largest absolute Gasteiger partial charge is 0.373 e. The fourth-order valence-corrected chi connectivity index (χ4v) is 3.28. The van der Waals surface area contributed by atoms with Crippen LogP contribution in [0.2, 0.25) is 0 Å². The van der Waals surface area contributed by atoms with E-state index in [4.69, 9.17) is 4.74 Å². The Bertz CT molecular complexity index is 706. The molecule has 3 unspecified atom stereocenters. The van der Waals surface area contributed by atoms with E-state index in [1.165, 1.54) is 6.42 Å².